The number of hydrazine groups is 1. The van der Waals surface area contributed by atoms with E-state index in [1.54, 1.807) is 30.3 Å². The van der Waals surface area contributed by atoms with Gasteiger partial charge in [0.15, 0.2) is 0 Å². The van der Waals surface area contributed by atoms with Gasteiger partial charge in [0.1, 0.15) is 0 Å². The minimum Gasteiger partial charge on any atom is -0.463 e. The third kappa shape index (κ3) is 4.00. The molecule has 2 amide bonds. The van der Waals surface area contributed by atoms with Gasteiger partial charge >= 0.3 is 6.09 Å². The van der Waals surface area contributed by atoms with Crippen LogP contribution < -0.4 is 10.4 Å². The maximum absolute atomic E-state index is 12.3. The molecule has 2 N–H and O–H groups in total. The van der Waals surface area contributed by atoms with E-state index in [0.717, 1.165) is 30.7 Å². The van der Waals surface area contributed by atoms with E-state index in [4.69, 9.17) is 0 Å². The summed E-state index contributed by atoms with van der Waals surface area (Å²) in [5.41, 5.74) is 2.99. The maximum Gasteiger partial charge on any atom is 0.431 e. The van der Waals surface area contributed by atoms with Crippen LogP contribution in [0.4, 0.5) is 10.5 Å². The molecule has 0 unspecified atom stereocenters. The predicted octanol–water partition coefficient (Wildman–Crippen LogP) is 3.66. The topological polar surface area (TPSA) is 69.6 Å². The van der Waals surface area contributed by atoms with Crippen LogP contribution in [0.3, 0.4) is 0 Å². The molecule has 5 heteroatoms. The third-order valence-corrected chi connectivity index (χ3v) is 4.51. The minimum atomic E-state index is -1.18. The second-order valence-electron chi connectivity index (χ2n) is 6.29. The summed E-state index contributed by atoms with van der Waals surface area (Å²) in [6.45, 7) is 4.43. The molecule has 1 aliphatic rings. The Bertz CT molecular complexity index is 508. The Morgan fingerprint density at radius 3 is 2.23 bits per heavy atom. The van der Waals surface area contributed by atoms with Crippen LogP contribution in [0.5, 0.6) is 0 Å². The van der Waals surface area contributed by atoms with Crippen molar-refractivity contribution < 1.29 is 14.7 Å². The van der Waals surface area contributed by atoms with Crippen LogP contribution >= 0.6 is 0 Å². The number of hydrogen-bond acceptors (Lipinski definition) is 2. The molecule has 1 fully saturated rings. The van der Waals surface area contributed by atoms with E-state index in [2.05, 4.69) is 19.3 Å². The van der Waals surface area contributed by atoms with E-state index in [9.17, 15) is 14.7 Å². The maximum atomic E-state index is 12.3. The fourth-order valence-corrected chi connectivity index (χ4v) is 3.05. The van der Waals surface area contributed by atoms with Gasteiger partial charge in [0.05, 0.1) is 5.69 Å². The number of anilines is 1. The van der Waals surface area contributed by atoms with Crippen LogP contribution in [0.1, 0.15) is 39.5 Å². The smallest absolute Gasteiger partial charge is 0.431 e. The lowest BCUT2D eigenvalue weighted by molar-refractivity contribution is -0.126. The van der Waals surface area contributed by atoms with Gasteiger partial charge in [0.25, 0.3) is 0 Å². The van der Waals surface area contributed by atoms with Crippen molar-refractivity contribution in [1.82, 2.24) is 5.43 Å². The van der Waals surface area contributed by atoms with Gasteiger partial charge in [-0.3, -0.25) is 10.2 Å². The van der Waals surface area contributed by atoms with Crippen LogP contribution in [0.25, 0.3) is 0 Å². The lowest BCUT2D eigenvalue weighted by atomic mass is 9.77. The summed E-state index contributed by atoms with van der Waals surface area (Å²) >= 11 is 0. The van der Waals surface area contributed by atoms with Crippen molar-refractivity contribution in [3.8, 4) is 0 Å². The quantitative estimate of drug-likeness (QED) is 0.837. The third-order valence-electron chi connectivity index (χ3n) is 4.51. The number of carbonyl (C=O) groups is 2. The van der Waals surface area contributed by atoms with Crippen molar-refractivity contribution in [2.45, 2.75) is 39.5 Å². The molecule has 0 saturated heterocycles. The molecule has 5 nitrogen and oxygen atoms in total. The number of amides is 2. The van der Waals surface area contributed by atoms with Gasteiger partial charge in [-0.1, -0.05) is 32.0 Å². The van der Waals surface area contributed by atoms with Crippen molar-refractivity contribution in [2.24, 2.45) is 17.8 Å². The predicted molar refractivity (Wildman–Crippen MR) is 85.4 cm³/mol. The molecule has 1 aromatic rings. The van der Waals surface area contributed by atoms with E-state index >= 15 is 0 Å². The van der Waals surface area contributed by atoms with Gasteiger partial charge in [-0.2, -0.15) is 5.01 Å². The molecular formula is C17H24N2O3. The fourth-order valence-electron chi connectivity index (χ4n) is 3.05. The Morgan fingerprint density at radius 1 is 1.14 bits per heavy atom. The zero-order chi connectivity index (χ0) is 16.1. The van der Waals surface area contributed by atoms with Crippen molar-refractivity contribution >= 4 is 17.7 Å². The van der Waals surface area contributed by atoms with Gasteiger partial charge in [-0.25, -0.2) is 4.79 Å². The molecule has 0 spiro atoms. The Morgan fingerprint density at radius 2 is 1.73 bits per heavy atom. The molecule has 0 atom stereocenters. The lowest BCUT2D eigenvalue weighted by Gasteiger charge is -2.31. The Labute approximate surface area is 131 Å². The van der Waals surface area contributed by atoms with Gasteiger partial charge in [-0.05, 0) is 49.7 Å². The normalized spacial score (nSPS) is 21.4. The standard InChI is InChI=1S/C17H24N2O3/c1-12(2)13-8-10-14(11-9-13)16(20)18-19(17(21)22)15-6-4-3-5-7-15/h3-7,12-14H,8-11H2,1-2H3,(H,18,20)(H,21,22). The first-order valence-electron chi connectivity index (χ1n) is 7.87. The first-order chi connectivity index (χ1) is 10.5. The van der Waals surface area contributed by atoms with Gasteiger partial charge < -0.3 is 5.11 Å². The van der Waals surface area contributed by atoms with Crippen molar-refractivity contribution in [2.75, 3.05) is 5.01 Å². The highest BCUT2D eigenvalue weighted by Crippen LogP contribution is 2.33. The highest BCUT2D eigenvalue weighted by Gasteiger charge is 2.29. The summed E-state index contributed by atoms with van der Waals surface area (Å²) in [6, 6.07) is 8.60. The van der Waals surface area contributed by atoms with E-state index in [1.807, 2.05) is 0 Å². The SMILES string of the molecule is CC(C)C1CCC(C(=O)NN(C(=O)O)c2ccccc2)CC1. The molecule has 0 bridgehead atoms. The van der Waals surface area contributed by atoms with Crippen molar-refractivity contribution in [3.05, 3.63) is 30.3 Å². The highest BCUT2D eigenvalue weighted by molar-refractivity contribution is 5.91. The van der Waals surface area contributed by atoms with Crippen LogP contribution in [0, 0.1) is 17.8 Å². The molecule has 2 rings (SSSR count). The fraction of sp³-hybridized carbons (Fsp3) is 0.529. The molecule has 1 saturated carbocycles. The van der Waals surface area contributed by atoms with E-state index < -0.39 is 6.09 Å². The van der Waals surface area contributed by atoms with Gasteiger partial charge in [-0.15, -0.1) is 0 Å². The van der Waals surface area contributed by atoms with E-state index in [0.29, 0.717) is 17.5 Å². The first-order valence-corrected chi connectivity index (χ1v) is 7.87. The second kappa shape index (κ2) is 7.29. The second-order valence-corrected chi connectivity index (χ2v) is 6.29. The number of rotatable bonds is 3. The average Bonchev–Trinajstić information content (AvgIpc) is 2.53. The Balaban J connectivity index is 1.97. The number of nitrogens with one attached hydrogen (secondary N) is 1. The van der Waals surface area contributed by atoms with Gasteiger partial charge in [0.2, 0.25) is 5.91 Å². The lowest BCUT2D eigenvalue weighted by Crippen LogP contribution is -2.48. The highest BCUT2D eigenvalue weighted by atomic mass is 16.4. The first kappa shape index (κ1) is 16.3. The number of nitrogens with zero attached hydrogens (tertiary/aromatic N) is 1. The number of carbonyl (C=O) groups excluding carboxylic acids is 1. The van der Waals surface area contributed by atoms with Crippen LogP contribution in [0.15, 0.2) is 30.3 Å². The molecule has 1 aromatic carbocycles. The average molecular weight is 304 g/mol. The van der Waals surface area contributed by atoms with E-state index in [-0.39, 0.29) is 11.8 Å². The van der Waals surface area contributed by atoms with Crippen LogP contribution in [-0.4, -0.2) is 17.1 Å². The molecule has 120 valence electrons. The minimum absolute atomic E-state index is 0.0967. The molecule has 0 aromatic heterocycles. The number of para-hydroxylation sites is 1. The zero-order valence-corrected chi connectivity index (χ0v) is 13.2. The van der Waals surface area contributed by atoms with Crippen LogP contribution in [-0.2, 0) is 4.79 Å². The molecule has 1 aliphatic carbocycles. The molecule has 0 radical (unpaired) electrons. The van der Waals surface area contributed by atoms with Crippen molar-refractivity contribution in [1.29, 1.82) is 0 Å². The summed E-state index contributed by atoms with van der Waals surface area (Å²) in [5, 5.41) is 10.2. The largest absolute Gasteiger partial charge is 0.463 e. The number of hydrogen-bond donors (Lipinski definition) is 2. The Hall–Kier alpha value is -2.04. The summed E-state index contributed by atoms with van der Waals surface area (Å²) in [6.07, 6.45) is 2.55. The Kier molecular flexibility index (Phi) is 5.41. The number of carboxylic acid groups (broad SMARTS) is 1. The molecule has 22 heavy (non-hydrogen) atoms. The monoisotopic (exact) mass is 304 g/mol. The van der Waals surface area contributed by atoms with Crippen molar-refractivity contribution in [3.63, 3.8) is 0 Å². The summed E-state index contributed by atoms with van der Waals surface area (Å²) in [7, 11) is 0. The van der Waals surface area contributed by atoms with Crippen LogP contribution in [0.2, 0.25) is 0 Å². The summed E-state index contributed by atoms with van der Waals surface area (Å²) < 4.78 is 0. The zero-order valence-electron chi connectivity index (χ0n) is 13.2. The number of benzene rings is 1. The summed E-state index contributed by atoms with van der Waals surface area (Å²) in [4.78, 5) is 23.7. The summed E-state index contributed by atoms with van der Waals surface area (Å²) in [5.74, 6) is 1.02. The van der Waals surface area contributed by atoms with E-state index in [1.165, 1.54) is 0 Å². The van der Waals surface area contributed by atoms with Gasteiger partial charge in [0, 0.05) is 5.92 Å². The molecule has 0 heterocycles. The molecule has 0 aliphatic heterocycles. The molecular weight excluding hydrogens is 280 g/mol.